The van der Waals surface area contributed by atoms with E-state index in [2.05, 4.69) is 12.2 Å². The van der Waals surface area contributed by atoms with Gasteiger partial charge in [0.25, 0.3) is 5.91 Å². The van der Waals surface area contributed by atoms with Crippen molar-refractivity contribution in [1.82, 2.24) is 15.1 Å². The fourth-order valence-corrected chi connectivity index (χ4v) is 4.40. The van der Waals surface area contributed by atoms with Crippen LogP contribution < -0.4 is 5.32 Å². The topological polar surface area (TPSA) is 65.8 Å². The average Bonchev–Trinajstić information content (AvgIpc) is 3.24. The van der Waals surface area contributed by atoms with Crippen LogP contribution in [0.25, 0.3) is 11.0 Å². The highest BCUT2D eigenvalue weighted by atomic mass is 16.3. The molecule has 1 saturated heterocycles. The molecule has 0 aliphatic carbocycles. The summed E-state index contributed by atoms with van der Waals surface area (Å²) in [5, 5.41) is 4.04. The maximum absolute atomic E-state index is 13.4. The number of para-hydroxylation sites is 1. The molecule has 0 saturated carbocycles. The molecule has 1 atom stereocenters. The first-order valence-electron chi connectivity index (χ1n) is 10.8. The molecule has 2 aromatic carbocycles. The first kappa shape index (κ1) is 21.1. The highest BCUT2D eigenvalue weighted by Crippen LogP contribution is 2.33. The second-order valence-corrected chi connectivity index (χ2v) is 8.30. The number of furan rings is 1. The van der Waals surface area contributed by atoms with E-state index in [1.807, 2.05) is 74.3 Å². The number of imide groups is 1. The molecule has 3 aromatic rings. The second-order valence-electron chi connectivity index (χ2n) is 8.30. The third-order valence-electron chi connectivity index (χ3n) is 6.16. The summed E-state index contributed by atoms with van der Waals surface area (Å²) in [7, 11) is 1.92. The van der Waals surface area contributed by atoms with Gasteiger partial charge in [-0.3, -0.25) is 9.69 Å². The van der Waals surface area contributed by atoms with Gasteiger partial charge in [-0.25, -0.2) is 9.69 Å². The molecule has 31 heavy (non-hydrogen) atoms. The lowest BCUT2D eigenvalue weighted by molar-refractivity contribution is -0.133. The van der Waals surface area contributed by atoms with E-state index in [1.165, 1.54) is 4.90 Å². The molecule has 1 aromatic heterocycles. The number of benzene rings is 2. The van der Waals surface area contributed by atoms with Crippen LogP contribution in [0.3, 0.4) is 0 Å². The Labute approximate surface area is 182 Å². The van der Waals surface area contributed by atoms with Gasteiger partial charge in [0.2, 0.25) is 0 Å². The lowest BCUT2D eigenvalue weighted by Crippen LogP contribution is -2.44. The standard InChI is InChI=1S/C25H29N3O3/c1-5-21-20(19-9-7-8-10-22(19)31-21)15-27(4)16-28-23(29)25(6-2,26-24(28)30)18-13-11-17(3)12-14-18/h7-14H,5-6,15-16H2,1-4H3,(H,26,30)/t25-/m1/s1. The van der Waals surface area contributed by atoms with E-state index in [4.69, 9.17) is 4.42 Å². The van der Waals surface area contributed by atoms with Crippen molar-refractivity contribution < 1.29 is 14.0 Å². The van der Waals surface area contributed by atoms with Gasteiger partial charge in [-0.15, -0.1) is 0 Å². The van der Waals surface area contributed by atoms with Crippen molar-refractivity contribution >= 4 is 22.9 Å². The zero-order valence-electron chi connectivity index (χ0n) is 18.6. The zero-order valence-corrected chi connectivity index (χ0v) is 18.6. The molecule has 1 fully saturated rings. The molecule has 6 heteroatoms. The quantitative estimate of drug-likeness (QED) is 0.571. The number of aryl methyl sites for hydroxylation is 2. The fourth-order valence-electron chi connectivity index (χ4n) is 4.40. The van der Waals surface area contributed by atoms with Crippen LogP contribution in [-0.2, 0) is 23.3 Å². The van der Waals surface area contributed by atoms with Crippen LogP contribution in [0.2, 0.25) is 0 Å². The summed E-state index contributed by atoms with van der Waals surface area (Å²) in [6.45, 7) is 6.79. The van der Waals surface area contributed by atoms with Crippen molar-refractivity contribution in [3.63, 3.8) is 0 Å². The van der Waals surface area contributed by atoms with Gasteiger partial charge in [0.1, 0.15) is 16.9 Å². The van der Waals surface area contributed by atoms with Gasteiger partial charge < -0.3 is 9.73 Å². The first-order chi connectivity index (χ1) is 14.9. The Balaban J connectivity index is 1.56. The Morgan fingerprint density at radius 2 is 1.77 bits per heavy atom. The molecular formula is C25H29N3O3. The van der Waals surface area contributed by atoms with Crippen LogP contribution >= 0.6 is 0 Å². The monoisotopic (exact) mass is 419 g/mol. The predicted octanol–water partition coefficient (Wildman–Crippen LogP) is 4.55. The highest BCUT2D eigenvalue weighted by Gasteiger charge is 2.51. The maximum Gasteiger partial charge on any atom is 0.326 e. The second kappa shape index (κ2) is 8.19. The van der Waals surface area contributed by atoms with Crippen LogP contribution in [0.15, 0.2) is 52.9 Å². The van der Waals surface area contributed by atoms with Gasteiger partial charge in [-0.1, -0.05) is 61.9 Å². The van der Waals surface area contributed by atoms with Crippen LogP contribution in [-0.4, -0.2) is 35.5 Å². The lowest BCUT2D eigenvalue weighted by atomic mass is 9.87. The molecule has 0 spiro atoms. The summed E-state index contributed by atoms with van der Waals surface area (Å²) >= 11 is 0. The van der Waals surface area contributed by atoms with Crippen LogP contribution in [0.1, 0.15) is 42.7 Å². The van der Waals surface area contributed by atoms with Crippen molar-refractivity contribution in [3.8, 4) is 0 Å². The Morgan fingerprint density at radius 3 is 2.45 bits per heavy atom. The lowest BCUT2D eigenvalue weighted by Gasteiger charge is -2.27. The van der Waals surface area contributed by atoms with E-state index in [0.717, 1.165) is 39.8 Å². The van der Waals surface area contributed by atoms with Crippen molar-refractivity contribution in [3.05, 3.63) is 71.0 Å². The smallest absolute Gasteiger partial charge is 0.326 e. The van der Waals surface area contributed by atoms with Crippen molar-refractivity contribution in [2.45, 2.75) is 45.7 Å². The first-order valence-corrected chi connectivity index (χ1v) is 10.8. The van der Waals surface area contributed by atoms with Gasteiger partial charge in [0, 0.05) is 23.9 Å². The molecule has 0 unspecified atom stereocenters. The van der Waals surface area contributed by atoms with E-state index < -0.39 is 5.54 Å². The van der Waals surface area contributed by atoms with Gasteiger partial charge in [-0.05, 0) is 32.0 Å². The predicted molar refractivity (Wildman–Crippen MR) is 120 cm³/mol. The molecule has 1 aliphatic rings. The maximum atomic E-state index is 13.4. The number of hydrogen-bond donors (Lipinski definition) is 1. The molecule has 3 amide bonds. The van der Waals surface area contributed by atoms with Crippen LogP contribution in [0, 0.1) is 6.92 Å². The fraction of sp³-hybridized carbons (Fsp3) is 0.360. The van der Waals surface area contributed by atoms with Crippen molar-refractivity contribution in [2.24, 2.45) is 0 Å². The summed E-state index contributed by atoms with van der Waals surface area (Å²) < 4.78 is 5.99. The van der Waals surface area contributed by atoms with Gasteiger partial charge in [-0.2, -0.15) is 0 Å². The van der Waals surface area contributed by atoms with E-state index in [1.54, 1.807) is 0 Å². The number of rotatable bonds is 7. The van der Waals surface area contributed by atoms with E-state index in [0.29, 0.717) is 13.0 Å². The van der Waals surface area contributed by atoms with Gasteiger partial charge in [0.15, 0.2) is 0 Å². The molecule has 1 N–H and O–H groups in total. The summed E-state index contributed by atoms with van der Waals surface area (Å²) in [5.41, 5.74) is 2.89. The normalized spacial score (nSPS) is 18.9. The number of nitrogens with zero attached hydrogens (tertiary/aromatic N) is 2. The number of hydrogen-bond acceptors (Lipinski definition) is 4. The third-order valence-corrected chi connectivity index (χ3v) is 6.16. The minimum Gasteiger partial charge on any atom is -0.461 e. The number of urea groups is 1. The molecule has 2 heterocycles. The summed E-state index contributed by atoms with van der Waals surface area (Å²) in [4.78, 5) is 29.5. The average molecular weight is 420 g/mol. The Bertz CT molecular complexity index is 1120. The summed E-state index contributed by atoms with van der Waals surface area (Å²) in [5.74, 6) is 0.733. The van der Waals surface area contributed by atoms with Crippen LogP contribution in [0.5, 0.6) is 0 Å². The molecule has 0 bridgehead atoms. The number of amides is 3. The van der Waals surface area contributed by atoms with Gasteiger partial charge in [0.05, 0.1) is 6.67 Å². The van der Waals surface area contributed by atoms with E-state index >= 15 is 0 Å². The molecule has 6 nitrogen and oxygen atoms in total. The minimum atomic E-state index is -1.01. The minimum absolute atomic E-state index is 0.205. The SMILES string of the molecule is CCc1oc2ccccc2c1CN(C)CN1C(=O)N[C@](CC)(c2ccc(C)cc2)C1=O. The van der Waals surface area contributed by atoms with E-state index in [-0.39, 0.29) is 18.6 Å². The Kier molecular flexibility index (Phi) is 5.58. The largest absolute Gasteiger partial charge is 0.461 e. The van der Waals surface area contributed by atoms with E-state index in [9.17, 15) is 9.59 Å². The number of carbonyl (C=O) groups excluding carboxylic acids is 2. The molecule has 1 aliphatic heterocycles. The van der Waals surface area contributed by atoms with Crippen molar-refractivity contribution in [1.29, 1.82) is 0 Å². The van der Waals surface area contributed by atoms with Crippen LogP contribution in [0.4, 0.5) is 4.79 Å². The molecule has 162 valence electrons. The Morgan fingerprint density at radius 1 is 1.06 bits per heavy atom. The number of nitrogens with one attached hydrogen (secondary N) is 1. The molecular weight excluding hydrogens is 390 g/mol. The number of fused-ring (bicyclic) bond motifs is 1. The molecule has 0 radical (unpaired) electrons. The summed E-state index contributed by atoms with van der Waals surface area (Å²) in [6.07, 6.45) is 1.28. The third kappa shape index (κ3) is 3.61. The van der Waals surface area contributed by atoms with Crippen molar-refractivity contribution in [2.75, 3.05) is 13.7 Å². The molecule has 4 rings (SSSR count). The zero-order chi connectivity index (χ0) is 22.2. The highest BCUT2D eigenvalue weighted by molar-refractivity contribution is 6.07. The number of carbonyl (C=O) groups is 2. The Hall–Kier alpha value is -3.12. The van der Waals surface area contributed by atoms with Gasteiger partial charge >= 0.3 is 6.03 Å². The summed E-state index contributed by atoms with van der Waals surface area (Å²) in [6, 6.07) is 15.4.